The van der Waals surface area contributed by atoms with Gasteiger partial charge in [-0.25, -0.2) is 13.1 Å². The first-order valence-corrected chi connectivity index (χ1v) is 8.30. The molecule has 6 nitrogen and oxygen atoms in total. The van der Waals surface area contributed by atoms with Gasteiger partial charge in [-0.1, -0.05) is 0 Å². The number of sulfonamides is 1. The van der Waals surface area contributed by atoms with Crippen molar-refractivity contribution in [1.29, 1.82) is 0 Å². The van der Waals surface area contributed by atoms with Crippen molar-refractivity contribution in [2.45, 2.75) is 30.7 Å². The van der Waals surface area contributed by atoms with Crippen LogP contribution in [0.25, 0.3) is 0 Å². The summed E-state index contributed by atoms with van der Waals surface area (Å²) in [6, 6.07) is 1.66. The van der Waals surface area contributed by atoms with Crippen LogP contribution in [0.15, 0.2) is 17.2 Å². The molecule has 0 spiro atoms. The Morgan fingerprint density at radius 1 is 1.45 bits per heavy atom. The topological polar surface area (TPSA) is 83.2 Å². The number of ether oxygens (including phenoxy) is 1. The highest BCUT2D eigenvalue weighted by molar-refractivity contribution is 7.89. The lowest BCUT2D eigenvalue weighted by atomic mass is 10.0. The van der Waals surface area contributed by atoms with Crippen LogP contribution in [0.2, 0.25) is 0 Å². The van der Waals surface area contributed by atoms with E-state index in [1.165, 1.54) is 6.20 Å². The molecule has 3 N–H and O–H groups in total. The van der Waals surface area contributed by atoms with Gasteiger partial charge < -0.3 is 15.0 Å². The Balaban J connectivity index is 1.93. The molecular weight excluding hydrogens is 278 g/mol. The van der Waals surface area contributed by atoms with E-state index >= 15 is 0 Å². The second-order valence-corrected chi connectivity index (χ2v) is 7.23. The number of methoxy groups -OCH3 is 1. The molecule has 1 saturated carbocycles. The first kappa shape index (κ1) is 15.5. The zero-order chi connectivity index (χ0) is 14.6. The van der Waals surface area contributed by atoms with Gasteiger partial charge in [0.1, 0.15) is 0 Å². The van der Waals surface area contributed by atoms with E-state index in [9.17, 15) is 8.42 Å². The van der Waals surface area contributed by atoms with Crippen LogP contribution in [0.5, 0.6) is 0 Å². The Morgan fingerprint density at radius 2 is 2.20 bits per heavy atom. The maximum atomic E-state index is 12.2. The lowest BCUT2D eigenvalue weighted by Gasteiger charge is -2.15. The fourth-order valence-corrected chi connectivity index (χ4v) is 3.38. The third-order valence-corrected chi connectivity index (χ3v) is 5.21. The van der Waals surface area contributed by atoms with Crippen molar-refractivity contribution in [2.24, 2.45) is 5.41 Å². The predicted molar refractivity (Wildman–Crippen MR) is 76.9 cm³/mol. The lowest BCUT2D eigenvalue weighted by molar-refractivity contribution is 0.173. The average Bonchev–Trinajstić information content (AvgIpc) is 3.04. The van der Waals surface area contributed by atoms with Crippen molar-refractivity contribution in [3.63, 3.8) is 0 Å². The molecule has 0 unspecified atom stereocenters. The zero-order valence-corrected chi connectivity index (χ0v) is 12.8. The highest BCUT2D eigenvalue weighted by Gasteiger charge is 2.42. The van der Waals surface area contributed by atoms with Crippen LogP contribution < -0.4 is 10.0 Å². The maximum absolute atomic E-state index is 12.2. The molecule has 0 aromatic carbocycles. The van der Waals surface area contributed by atoms with Crippen LogP contribution in [0.1, 0.15) is 25.0 Å². The summed E-state index contributed by atoms with van der Waals surface area (Å²) < 4.78 is 32.2. The van der Waals surface area contributed by atoms with Gasteiger partial charge in [0.2, 0.25) is 10.0 Å². The fraction of sp³-hybridized carbons (Fsp3) is 0.692. The first-order chi connectivity index (χ1) is 9.51. The molecule has 1 heterocycles. The van der Waals surface area contributed by atoms with E-state index in [1.54, 1.807) is 13.2 Å². The molecule has 20 heavy (non-hydrogen) atoms. The monoisotopic (exact) mass is 301 g/mol. The van der Waals surface area contributed by atoms with Gasteiger partial charge in [-0.05, 0) is 37.8 Å². The number of aromatic amines is 1. The number of hydrogen-bond donors (Lipinski definition) is 3. The summed E-state index contributed by atoms with van der Waals surface area (Å²) in [4.78, 5) is 3.25. The van der Waals surface area contributed by atoms with Crippen LogP contribution in [-0.4, -0.2) is 40.7 Å². The summed E-state index contributed by atoms with van der Waals surface area (Å²) in [5.74, 6) is 0. The molecule has 0 amide bonds. The van der Waals surface area contributed by atoms with Crippen molar-refractivity contribution in [1.82, 2.24) is 15.0 Å². The summed E-state index contributed by atoms with van der Waals surface area (Å²) in [7, 11) is 0.0635. The molecule has 2 rings (SSSR count). The second kappa shape index (κ2) is 6.26. The third-order valence-electron chi connectivity index (χ3n) is 3.82. The zero-order valence-electron chi connectivity index (χ0n) is 12.0. The van der Waals surface area contributed by atoms with Crippen molar-refractivity contribution >= 4 is 10.0 Å². The van der Waals surface area contributed by atoms with Crippen molar-refractivity contribution < 1.29 is 13.2 Å². The smallest absolute Gasteiger partial charge is 0.242 e. The molecule has 0 saturated heterocycles. The molecular formula is C13H23N3O3S. The summed E-state index contributed by atoms with van der Waals surface area (Å²) >= 11 is 0. The molecule has 7 heteroatoms. The quantitative estimate of drug-likeness (QED) is 0.631. The molecule has 1 aromatic heterocycles. The number of nitrogens with one attached hydrogen (secondary N) is 3. The van der Waals surface area contributed by atoms with Crippen LogP contribution >= 0.6 is 0 Å². The highest BCUT2D eigenvalue weighted by atomic mass is 32.2. The molecule has 0 bridgehead atoms. The van der Waals surface area contributed by atoms with Gasteiger partial charge in [-0.3, -0.25) is 0 Å². The number of hydrogen-bond acceptors (Lipinski definition) is 4. The average molecular weight is 301 g/mol. The first-order valence-electron chi connectivity index (χ1n) is 6.82. The van der Waals surface area contributed by atoms with Gasteiger partial charge >= 0.3 is 0 Å². The van der Waals surface area contributed by atoms with Crippen molar-refractivity contribution in [3.8, 4) is 0 Å². The highest BCUT2D eigenvalue weighted by Crippen LogP contribution is 2.48. The van der Waals surface area contributed by atoms with E-state index in [0.717, 1.165) is 25.0 Å². The second-order valence-electron chi connectivity index (χ2n) is 5.46. The molecule has 1 aliphatic rings. The minimum atomic E-state index is -3.43. The number of aromatic nitrogens is 1. The fourth-order valence-electron chi connectivity index (χ4n) is 2.21. The van der Waals surface area contributed by atoms with Crippen molar-refractivity contribution in [2.75, 3.05) is 27.3 Å². The minimum Gasteiger partial charge on any atom is -0.385 e. The van der Waals surface area contributed by atoms with E-state index in [1.807, 2.05) is 7.05 Å². The largest absolute Gasteiger partial charge is 0.385 e. The molecule has 114 valence electrons. The molecule has 1 aromatic rings. The van der Waals surface area contributed by atoms with E-state index in [0.29, 0.717) is 24.6 Å². The van der Waals surface area contributed by atoms with E-state index in [2.05, 4.69) is 15.0 Å². The summed E-state index contributed by atoms with van der Waals surface area (Å²) in [5.41, 5.74) is 0.959. The van der Waals surface area contributed by atoms with E-state index < -0.39 is 10.0 Å². The Labute approximate surface area is 120 Å². The Kier molecular flexibility index (Phi) is 4.85. The van der Waals surface area contributed by atoms with Gasteiger partial charge in [0.15, 0.2) is 0 Å². The Bertz CT molecular complexity index is 535. The normalized spacial score (nSPS) is 17.3. The van der Waals surface area contributed by atoms with Crippen LogP contribution in [0.3, 0.4) is 0 Å². The van der Waals surface area contributed by atoms with Crippen LogP contribution in [0, 0.1) is 5.41 Å². The third kappa shape index (κ3) is 3.82. The molecule has 0 radical (unpaired) electrons. The van der Waals surface area contributed by atoms with Crippen molar-refractivity contribution in [3.05, 3.63) is 18.0 Å². The van der Waals surface area contributed by atoms with E-state index in [4.69, 9.17) is 4.74 Å². The molecule has 1 aliphatic carbocycles. The SMILES string of the molecule is CNCc1cc(S(=O)(=O)NCC2(CCOC)CC2)c[nH]1. The van der Waals surface area contributed by atoms with E-state index in [-0.39, 0.29) is 5.41 Å². The summed E-state index contributed by atoms with van der Waals surface area (Å²) in [6.45, 7) is 1.79. The molecule has 1 fully saturated rings. The Morgan fingerprint density at radius 3 is 2.80 bits per heavy atom. The maximum Gasteiger partial charge on any atom is 0.242 e. The summed E-state index contributed by atoms with van der Waals surface area (Å²) in [6.07, 6.45) is 4.57. The number of H-pyrrole nitrogens is 1. The standard InChI is InChI=1S/C13H23N3O3S/c1-14-8-11-7-12(9-15-11)20(17,18)16-10-13(3-4-13)5-6-19-2/h7,9,14-16H,3-6,8,10H2,1-2H3. The van der Waals surface area contributed by atoms with Gasteiger partial charge in [-0.2, -0.15) is 0 Å². The van der Waals surface area contributed by atoms with Crippen LogP contribution in [-0.2, 0) is 21.3 Å². The summed E-state index contributed by atoms with van der Waals surface area (Å²) in [5, 5.41) is 2.98. The molecule has 0 atom stereocenters. The van der Waals surface area contributed by atoms with Crippen LogP contribution in [0.4, 0.5) is 0 Å². The lowest BCUT2D eigenvalue weighted by Crippen LogP contribution is -2.30. The molecule has 0 aliphatic heterocycles. The number of rotatable bonds is 9. The predicted octanol–water partition coefficient (Wildman–Crippen LogP) is 0.829. The minimum absolute atomic E-state index is 0.104. The van der Waals surface area contributed by atoms with Gasteiger partial charge in [0.25, 0.3) is 0 Å². The van der Waals surface area contributed by atoms with Gasteiger partial charge in [-0.15, -0.1) is 0 Å². The van der Waals surface area contributed by atoms with Gasteiger partial charge in [0.05, 0.1) is 4.90 Å². The van der Waals surface area contributed by atoms with Gasteiger partial charge in [0, 0.05) is 38.7 Å². The Hall–Kier alpha value is -0.890.